The molecule has 2 N–H and O–H groups in total. The average Bonchev–Trinajstić information content (AvgIpc) is 2.46. The van der Waals surface area contributed by atoms with Crippen LogP contribution in [0.5, 0.6) is 0 Å². The third-order valence-corrected chi connectivity index (χ3v) is 5.09. The van der Waals surface area contributed by atoms with Gasteiger partial charge in [-0.05, 0) is 17.6 Å². The Balaban J connectivity index is 2.21. The van der Waals surface area contributed by atoms with Crippen molar-refractivity contribution < 1.29 is 0 Å². The van der Waals surface area contributed by atoms with Crippen molar-refractivity contribution in [1.82, 2.24) is 4.90 Å². The van der Waals surface area contributed by atoms with Crippen molar-refractivity contribution in [2.75, 3.05) is 24.6 Å². The van der Waals surface area contributed by atoms with Crippen LogP contribution in [0.4, 0.5) is 0 Å². The van der Waals surface area contributed by atoms with Gasteiger partial charge >= 0.3 is 0 Å². The van der Waals surface area contributed by atoms with Crippen LogP contribution < -0.4 is 5.73 Å². The Labute approximate surface area is 102 Å². The van der Waals surface area contributed by atoms with Crippen LogP contribution in [0.2, 0.25) is 0 Å². The Morgan fingerprint density at radius 3 is 2.94 bits per heavy atom. The smallest absolute Gasteiger partial charge is 0.192 e. The molecule has 1 atom stereocenters. The summed E-state index contributed by atoms with van der Waals surface area (Å²) in [6.45, 7) is 10.1. The normalized spacial score (nSPS) is 32.9. The molecule has 1 saturated heterocycles. The highest BCUT2D eigenvalue weighted by atomic mass is 32.2. The molecule has 2 aliphatic rings. The molecule has 0 aromatic rings. The molecule has 0 aliphatic carbocycles. The van der Waals surface area contributed by atoms with Crippen LogP contribution in [0.3, 0.4) is 0 Å². The maximum Gasteiger partial charge on any atom is 0.192 e. The van der Waals surface area contributed by atoms with Crippen LogP contribution in [-0.2, 0) is 0 Å². The molecule has 4 heteroatoms. The van der Waals surface area contributed by atoms with Crippen LogP contribution in [0.1, 0.15) is 20.3 Å². The Bertz CT molecular complexity index is 324. The number of rotatable bonds is 2. The summed E-state index contributed by atoms with van der Waals surface area (Å²) in [4.78, 5) is 6.68. The van der Waals surface area contributed by atoms with Gasteiger partial charge in [-0.1, -0.05) is 19.9 Å². The fourth-order valence-electron chi connectivity index (χ4n) is 2.84. The van der Waals surface area contributed by atoms with Gasteiger partial charge in [0, 0.05) is 12.3 Å². The zero-order chi connectivity index (χ0) is 11.8. The minimum Gasteiger partial charge on any atom is -0.370 e. The van der Waals surface area contributed by atoms with E-state index in [1.165, 1.54) is 12.2 Å². The van der Waals surface area contributed by atoms with E-state index in [1.54, 1.807) is 0 Å². The SMILES string of the molecule is C=CCN1C(N)=NCC12CSCC(C)(C)C2. The van der Waals surface area contributed by atoms with E-state index in [-0.39, 0.29) is 5.54 Å². The van der Waals surface area contributed by atoms with Crippen LogP contribution in [0.25, 0.3) is 0 Å². The monoisotopic (exact) mass is 239 g/mol. The van der Waals surface area contributed by atoms with Gasteiger partial charge in [-0.25, -0.2) is 0 Å². The largest absolute Gasteiger partial charge is 0.370 e. The van der Waals surface area contributed by atoms with E-state index in [2.05, 4.69) is 30.3 Å². The molecule has 2 aliphatic heterocycles. The van der Waals surface area contributed by atoms with Gasteiger partial charge in [-0.2, -0.15) is 11.8 Å². The second kappa shape index (κ2) is 3.99. The minimum atomic E-state index is 0.144. The third kappa shape index (κ3) is 1.95. The second-order valence-electron chi connectivity index (χ2n) is 5.63. The first-order valence-electron chi connectivity index (χ1n) is 5.75. The molecule has 0 amide bonds. The number of aliphatic imine (C=N–C) groups is 1. The number of hydrogen-bond acceptors (Lipinski definition) is 4. The lowest BCUT2D eigenvalue weighted by atomic mass is 9.79. The number of nitrogens with two attached hydrogens (primary N) is 1. The van der Waals surface area contributed by atoms with Gasteiger partial charge in [0.05, 0.1) is 12.1 Å². The summed E-state index contributed by atoms with van der Waals surface area (Å²) in [5.74, 6) is 3.06. The summed E-state index contributed by atoms with van der Waals surface area (Å²) in [7, 11) is 0. The molecule has 0 radical (unpaired) electrons. The topological polar surface area (TPSA) is 41.6 Å². The van der Waals surface area contributed by atoms with E-state index in [4.69, 9.17) is 5.73 Å². The van der Waals surface area contributed by atoms with Crippen LogP contribution in [-0.4, -0.2) is 41.0 Å². The first-order valence-corrected chi connectivity index (χ1v) is 6.91. The molecule has 0 aromatic carbocycles. The average molecular weight is 239 g/mol. The Kier molecular flexibility index (Phi) is 2.95. The van der Waals surface area contributed by atoms with Gasteiger partial charge in [0.15, 0.2) is 5.96 Å². The van der Waals surface area contributed by atoms with Crippen molar-refractivity contribution >= 4 is 17.7 Å². The predicted octanol–water partition coefficient (Wildman–Crippen LogP) is 1.70. The number of hydrogen-bond donors (Lipinski definition) is 1. The molecule has 1 unspecified atom stereocenters. The Morgan fingerprint density at radius 2 is 2.31 bits per heavy atom. The summed E-state index contributed by atoms with van der Waals surface area (Å²) in [5.41, 5.74) is 6.50. The first-order chi connectivity index (χ1) is 7.49. The van der Waals surface area contributed by atoms with E-state index < -0.39 is 0 Å². The van der Waals surface area contributed by atoms with E-state index >= 15 is 0 Å². The summed E-state index contributed by atoms with van der Waals surface area (Å²) >= 11 is 2.02. The molecule has 90 valence electrons. The van der Waals surface area contributed by atoms with Gasteiger partial charge in [0.1, 0.15) is 0 Å². The molecule has 1 fully saturated rings. The maximum absolute atomic E-state index is 5.98. The van der Waals surface area contributed by atoms with Crippen LogP contribution >= 0.6 is 11.8 Å². The molecule has 3 nitrogen and oxygen atoms in total. The molecule has 1 spiro atoms. The number of thioether (sulfide) groups is 1. The van der Waals surface area contributed by atoms with Crippen molar-refractivity contribution in [3.8, 4) is 0 Å². The van der Waals surface area contributed by atoms with Gasteiger partial charge in [0.25, 0.3) is 0 Å². The molecular weight excluding hydrogens is 218 g/mol. The summed E-state index contributed by atoms with van der Waals surface area (Å²) in [6, 6.07) is 0. The highest BCUT2D eigenvalue weighted by Gasteiger charge is 2.47. The van der Waals surface area contributed by atoms with Gasteiger partial charge < -0.3 is 10.6 Å². The molecule has 0 saturated carbocycles. The lowest BCUT2D eigenvalue weighted by molar-refractivity contribution is 0.159. The van der Waals surface area contributed by atoms with Gasteiger partial charge in [0.2, 0.25) is 0 Å². The quantitative estimate of drug-likeness (QED) is 0.746. The number of nitrogens with zero attached hydrogens (tertiary/aromatic N) is 2. The molecular formula is C12H21N3S. The second-order valence-corrected chi connectivity index (χ2v) is 6.62. The van der Waals surface area contributed by atoms with Crippen LogP contribution in [0, 0.1) is 5.41 Å². The van der Waals surface area contributed by atoms with Gasteiger partial charge in [-0.3, -0.25) is 4.99 Å². The zero-order valence-electron chi connectivity index (χ0n) is 10.2. The fourth-order valence-corrected chi connectivity index (χ4v) is 4.33. The molecule has 16 heavy (non-hydrogen) atoms. The van der Waals surface area contributed by atoms with E-state index in [0.717, 1.165) is 18.8 Å². The lowest BCUT2D eigenvalue weighted by Crippen LogP contribution is -2.57. The molecule has 2 rings (SSSR count). The van der Waals surface area contributed by atoms with Gasteiger partial charge in [-0.15, -0.1) is 6.58 Å². The van der Waals surface area contributed by atoms with E-state index in [1.807, 2.05) is 17.8 Å². The standard InChI is InChI=1S/C12H21N3S/c1-4-5-15-10(13)14-7-12(15)6-11(2,3)8-16-9-12/h4H,1,5-9H2,2-3H3,(H2,13,14). The number of guanidine groups is 1. The molecule has 0 bridgehead atoms. The summed E-state index contributed by atoms with van der Waals surface area (Å²) in [6.07, 6.45) is 3.09. The highest BCUT2D eigenvalue weighted by molar-refractivity contribution is 7.99. The van der Waals surface area contributed by atoms with Crippen molar-refractivity contribution in [3.05, 3.63) is 12.7 Å². The summed E-state index contributed by atoms with van der Waals surface area (Å²) in [5, 5.41) is 0. The van der Waals surface area contributed by atoms with Crippen molar-refractivity contribution in [1.29, 1.82) is 0 Å². The Morgan fingerprint density at radius 1 is 1.56 bits per heavy atom. The highest BCUT2D eigenvalue weighted by Crippen LogP contribution is 2.43. The third-order valence-electron chi connectivity index (χ3n) is 3.37. The lowest BCUT2D eigenvalue weighted by Gasteiger charge is -2.47. The zero-order valence-corrected chi connectivity index (χ0v) is 11.0. The van der Waals surface area contributed by atoms with Crippen LogP contribution in [0.15, 0.2) is 17.6 Å². The molecule has 0 aromatic heterocycles. The van der Waals surface area contributed by atoms with E-state index in [9.17, 15) is 0 Å². The summed E-state index contributed by atoms with van der Waals surface area (Å²) < 4.78 is 0. The Hall–Kier alpha value is -0.640. The van der Waals surface area contributed by atoms with Crippen molar-refractivity contribution in [2.24, 2.45) is 16.1 Å². The predicted molar refractivity (Wildman–Crippen MR) is 71.8 cm³/mol. The van der Waals surface area contributed by atoms with Crippen molar-refractivity contribution in [3.63, 3.8) is 0 Å². The molecule has 2 heterocycles. The van der Waals surface area contributed by atoms with Crippen molar-refractivity contribution in [2.45, 2.75) is 25.8 Å². The fraction of sp³-hybridized carbons (Fsp3) is 0.750. The first kappa shape index (κ1) is 11.8. The maximum atomic E-state index is 5.98. The van der Waals surface area contributed by atoms with E-state index in [0.29, 0.717) is 11.4 Å². The minimum absolute atomic E-state index is 0.144.